The van der Waals surface area contributed by atoms with Crippen molar-refractivity contribution in [1.29, 1.82) is 0 Å². The molecule has 4 heteroatoms. The Kier molecular flexibility index (Phi) is 3.76. The molecule has 1 N–H and O–H groups in total. The van der Waals surface area contributed by atoms with Crippen LogP contribution in [0.1, 0.15) is 52.4 Å². The Labute approximate surface area is 109 Å². The van der Waals surface area contributed by atoms with Crippen molar-refractivity contribution in [1.82, 2.24) is 10.2 Å². The van der Waals surface area contributed by atoms with Gasteiger partial charge in [0.15, 0.2) is 0 Å². The Hall–Kier alpha value is -0.900. The molecule has 102 valence electrons. The molecular weight excluding hydrogens is 228 g/mol. The second kappa shape index (κ2) is 5.00. The van der Waals surface area contributed by atoms with Crippen molar-refractivity contribution in [2.75, 3.05) is 7.05 Å². The van der Waals surface area contributed by atoms with Gasteiger partial charge in [0.25, 0.3) is 0 Å². The number of nitrogens with zero attached hydrogens (tertiary/aromatic N) is 1. The normalized spacial score (nSPS) is 32.7. The smallest absolute Gasteiger partial charge is 0.246 e. The summed E-state index contributed by atoms with van der Waals surface area (Å²) < 4.78 is 0. The van der Waals surface area contributed by atoms with Gasteiger partial charge in [-0.25, -0.2) is 0 Å². The lowest BCUT2D eigenvalue weighted by atomic mass is 9.75. The zero-order valence-corrected chi connectivity index (χ0v) is 11.7. The molecule has 1 aliphatic carbocycles. The van der Waals surface area contributed by atoms with E-state index in [1.807, 2.05) is 0 Å². The van der Waals surface area contributed by atoms with E-state index in [1.165, 1.54) is 17.7 Å². The quantitative estimate of drug-likeness (QED) is 0.761. The van der Waals surface area contributed by atoms with Crippen molar-refractivity contribution in [3.63, 3.8) is 0 Å². The highest BCUT2D eigenvalue weighted by molar-refractivity contribution is 6.00. The molecule has 18 heavy (non-hydrogen) atoms. The van der Waals surface area contributed by atoms with E-state index >= 15 is 0 Å². The minimum Gasteiger partial charge on any atom is -0.303 e. The molecule has 2 unspecified atom stereocenters. The van der Waals surface area contributed by atoms with Crippen LogP contribution < -0.4 is 5.32 Å². The van der Waals surface area contributed by atoms with Gasteiger partial charge >= 0.3 is 0 Å². The highest BCUT2D eigenvalue weighted by atomic mass is 16.2. The van der Waals surface area contributed by atoms with E-state index in [4.69, 9.17) is 0 Å². The first-order chi connectivity index (χ1) is 8.39. The lowest BCUT2D eigenvalue weighted by molar-refractivity contribution is -0.148. The molecular formula is C14H24N2O2. The van der Waals surface area contributed by atoms with Crippen molar-refractivity contribution in [2.24, 2.45) is 5.41 Å². The summed E-state index contributed by atoms with van der Waals surface area (Å²) in [5, 5.41) is 3.47. The molecule has 2 rings (SSSR count). The van der Waals surface area contributed by atoms with Gasteiger partial charge in [-0.05, 0) is 31.1 Å². The van der Waals surface area contributed by atoms with E-state index in [0.29, 0.717) is 24.3 Å². The second-order valence-corrected chi connectivity index (χ2v) is 6.51. The second-order valence-electron chi connectivity index (χ2n) is 6.51. The van der Waals surface area contributed by atoms with E-state index < -0.39 is 0 Å². The van der Waals surface area contributed by atoms with Crippen LogP contribution in [0.3, 0.4) is 0 Å². The maximum atomic E-state index is 12.0. The summed E-state index contributed by atoms with van der Waals surface area (Å²) in [5.41, 5.74) is 0.370. The molecule has 2 amide bonds. The molecule has 1 heterocycles. The van der Waals surface area contributed by atoms with Crippen molar-refractivity contribution >= 4 is 11.8 Å². The molecule has 2 atom stereocenters. The molecule has 2 aliphatic rings. The molecule has 1 aliphatic heterocycles. The summed E-state index contributed by atoms with van der Waals surface area (Å²) >= 11 is 0. The molecule has 4 nitrogen and oxygen atoms in total. The number of likely N-dealkylation sites (N-methyl/N-ethyl adjacent to an activating group) is 1. The van der Waals surface area contributed by atoms with Gasteiger partial charge in [0.1, 0.15) is 0 Å². The van der Waals surface area contributed by atoms with Gasteiger partial charge in [-0.1, -0.05) is 20.3 Å². The number of piperidine rings is 1. The molecule has 0 aromatic carbocycles. The van der Waals surface area contributed by atoms with Crippen LogP contribution in [-0.2, 0) is 9.59 Å². The number of likely N-dealkylation sites (tertiary alicyclic amines) is 1. The SMILES string of the molecule is CN1C(=O)CCC(NC2CCCC(C)(C)C2)C1=O. The van der Waals surface area contributed by atoms with Crippen LogP contribution >= 0.6 is 0 Å². The van der Waals surface area contributed by atoms with Crippen LogP contribution in [0.15, 0.2) is 0 Å². The fourth-order valence-corrected chi connectivity index (χ4v) is 3.20. The largest absolute Gasteiger partial charge is 0.303 e. The van der Waals surface area contributed by atoms with Crippen molar-refractivity contribution < 1.29 is 9.59 Å². The Balaban J connectivity index is 1.93. The third-order valence-corrected chi connectivity index (χ3v) is 4.29. The van der Waals surface area contributed by atoms with Gasteiger partial charge in [-0.3, -0.25) is 14.5 Å². The molecule has 1 saturated carbocycles. The zero-order chi connectivity index (χ0) is 13.3. The predicted octanol–water partition coefficient (Wildman–Crippen LogP) is 1.69. The molecule has 0 bridgehead atoms. The molecule has 0 aromatic rings. The number of hydrogen-bond acceptors (Lipinski definition) is 3. The van der Waals surface area contributed by atoms with E-state index in [1.54, 1.807) is 7.05 Å². The molecule has 0 radical (unpaired) electrons. The maximum Gasteiger partial charge on any atom is 0.246 e. The van der Waals surface area contributed by atoms with Gasteiger partial charge in [-0.15, -0.1) is 0 Å². The summed E-state index contributed by atoms with van der Waals surface area (Å²) in [6.07, 6.45) is 5.89. The number of amides is 2. The minimum absolute atomic E-state index is 0.0537. The monoisotopic (exact) mass is 252 g/mol. The van der Waals surface area contributed by atoms with Gasteiger partial charge in [0, 0.05) is 19.5 Å². The zero-order valence-electron chi connectivity index (χ0n) is 11.7. The number of carbonyl (C=O) groups is 2. The third kappa shape index (κ3) is 2.91. The van der Waals surface area contributed by atoms with Crippen LogP contribution in [0.5, 0.6) is 0 Å². The van der Waals surface area contributed by atoms with Gasteiger partial charge in [0.05, 0.1) is 6.04 Å². The van der Waals surface area contributed by atoms with E-state index in [-0.39, 0.29) is 17.9 Å². The molecule has 0 spiro atoms. The number of imide groups is 1. The first-order valence-electron chi connectivity index (χ1n) is 6.95. The molecule has 0 aromatic heterocycles. The van der Waals surface area contributed by atoms with Crippen LogP contribution in [0.4, 0.5) is 0 Å². The first-order valence-corrected chi connectivity index (χ1v) is 6.95. The Morgan fingerprint density at radius 3 is 2.67 bits per heavy atom. The Morgan fingerprint density at radius 1 is 1.28 bits per heavy atom. The highest BCUT2D eigenvalue weighted by Crippen LogP contribution is 2.35. The standard InChI is InChI=1S/C14H24N2O2/c1-14(2)8-4-5-10(9-14)15-11-6-7-12(17)16(3)13(11)18/h10-11,15H,4-9H2,1-3H3. The number of carbonyl (C=O) groups excluding carboxylic acids is 2. The van der Waals surface area contributed by atoms with E-state index in [0.717, 1.165) is 12.8 Å². The third-order valence-electron chi connectivity index (χ3n) is 4.29. The molecule has 1 saturated heterocycles. The lowest BCUT2D eigenvalue weighted by Gasteiger charge is -2.38. The van der Waals surface area contributed by atoms with Crippen molar-refractivity contribution in [3.8, 4) is 0 Å². The van der Waals surface area contributed by atoms with Crippen LogP contribution in [0.2, 0.25) is 0 Å². The van der Waals surface area contributed by atoms with Crippen LogP contribution in [-0.4, -0.2) is 35.8 Å². The average molecular weight is 252 g/mol. The Bertz CT molecular complexity index is 352. The van der Waals surface area contributed by atoms with Crippen LogP contribution in [0, 0.1) is 5.41 Å². The van der Waals surface area contributed by atoms with Crippen molar-refractivity contribution in [3.05, 3.63) is 0 Å². The minimum atomic E-state index is -0.161. The van der Waals surface area contributed by atoms with Gasteiger partial charge in [-0.2, -0.15) is 0 Å². The maximum absolute atomic E-state index is 12.0. The van der Waals surface area contributed by atoms with E-state index in [2.05, 4.69) is 19.2 Å². The predicted molar refractivity (Wildman–Crippen MR) is 70.0 cm³/mol. The summed E-state index contributed by atoms with van der Waals surface area (Å²) in [5.74, 6) is -0.114. The fraction of sp³-hybridized carbons (Fsp3) is 0.857. The Morgan fingerprint density at radius 2 is 2.00 bits per heavy atom. The fourth-order valence-electron chi connectivity index (χ4n) is 3.20. The lowest BCUT2D eigenvalue weighted by Crippen LogP contribution is -2.55. The van der Waals surface area contributed by atoms with Crippen molar-refractivity contribution in [2.45, 2.75) is 64.5 Å². The van der Waals surface area contributed by atoms with Gasteiger partial charge < -0.3 is 5.32 Å². The number of rotatable bonds is 2. The first kappa shape index (κ1) is 13.5. The molecule has 2 fully saturated rings. The summed E-state index contributed by atoms with van der Waals surface area (Å²) in [6, 6.07) is 0.260. The van der Waals surface area contributed by atoms with Crippen LogP contribution in [0.25, 0.3) is 0 Å². The topological polar surface area (TPSA) is 49.4 Å². The highest BCUT2D eigenvalue weighted by Gasteiger charge is 2.35. The summed E-state index contributed by atoms with van der Waals surface area (Å²) in [4.78, 5) is 24.7. The average Bonchev–Trinajstić information content (AvgIpc) is 2.29. The number of hydrogen-bond donors (Lipinski definition) is 1. The van der Waals surface area contributed by atoms with Gasteiger partial charge in [0.2, 0.25) is 11.8 Å². The summed E-state index contributed by atoms with van der Waals surface area (Å²) in [6.45, 7) is 4.58. The van der Waals surface area contributed by atoms with E-state index in [9.17, 15) is 9.59 Å². The number of nitrogens with one attached hydrogen (secondary N) is 1. The summed E-state index contributed by atoms with van der Waals surface area (Å²) in [7, 11) is 1.59.